The first-order valence-corrected chi connectivity index (χ1v) is 12.8. The first kappa shape index (κ1) is 25.2. The molecule has 0 aromatic heterocycles. The summed E-state index contributed by atoms with van der Waals surface area (Å²) in [5.41, 5.74) is 2.82. The molecule has 3 rings (SSSR count). The van der Waals surface area contributed by atoms with E-state index < -0.39 is 22.6 Å². The highest BCUT2D eigenvalue weighted by Crippen LogP contribution is 2.30. The van der Waals surface area contributed by atoms with E-state index >= 15 is 0 Å². The van der Waals surface area contributed by atoms with Crippen molar-refractivity contribution in [2.75, 3.05) is 23.7 Å². The maximum Gasteiger partial charge on any atom is 0.338 e. The van der Waals surface area contributed by atoms with Crippen molar-refractivity contribution >= 4 is 33.5 Å². The maximum absolute atomic E-state index is 12.6. The average molecular weight is 488 g/mol. The summed E-state index contributed by atoms with van der Waals surface area (Å²) in [5, 5.41) is 5.45. The van der Waals surface area contributed by atoms with Gasteiger partial charge >= 0.3 is 12.0 Å². The fraction of sp³-hybridized carbons (Fsp3) is 0.375. The minimum Gasteiger partial charge on any atom is -0.454 e. The van der Waals surface area contributed by atoms with Gasteiger partial charge in [0.1, 0.15) is 0 Å². The number of nitrogens with one attached hydrogen (secondary N) is 2. The molecule has 2 amide bonds. The Morgan fingerprint density at radius 3 is 2.38 bits per heavy atom. The number of esters is 1. The average Bonchev–Trinajstić information content (AvgIpc) is 2.79. The Hall–Kier alpha value is -3.40. The van der Waals surface area contributed by atoms with Gasteiger partial charge in [0.05, 0.1) is 17.5 Å². The third kappa shape index (κ3) is 6.57. The van der Waals surface area contributed by atoms with Crippen molar-refractivity contribution in [2.24, 2.45) is 0 Å². The van der Waals surface area contributed by atoms with E-state index in [-0.39, 0.29) is 23.4 Å². The summed E-state index contributed by atoms with van der Waals surface area (Å²) in [6.45, 7) is 4.02. The van der Waals surface area contributed by atoms with Crippen LogP contribution in [0.2, 0.25) is 0 Å². The second kappa shape index (κ2) is 10.7. The van der Waals surface area contributed by atoms with Gasteiger partial charge in [-0.25, -0.2) is 18.0 Å². The normalized spacial score (nSPS) is 13.2. The Morgan fingerprint density at radius 1 is 1.06 bits per heavy atom. The fourth-order valence-electron chi connectivity index (χ4n) is 3.63. The summed E-state index contributed by atoms with van der Waals surface area (Å²) < 4.78 is 30.5. The molecule has 1 aliphatic rings. The molecule has 1 heterocycles. The van der Waals surface area contributed by atoms with Gasteiger partial charge in [-0.05, 0) is 68.1 Å². The van der Waals surface area contributed by atoms with E-state index in [1.54, 1.807) is 42.5 Å². The molecule has 2 aromatic carbocycles. The Morgan fingerprint density at radius 2 is 1.74 bits per heavy atom. The second-order valence-electron chi connectivity index (χ2n) is 8.46. The van der Waals surface area contributed by atoms with E-state index in [4.69, 9.17) is 4.74 Å². The lowest BCUT2D eigenvalue weighted by Crippen LogP contribution is -2.39. The Balaban J connectivity index is 1.56. The highest BCUT2D eigenvalue weighted by Gasteiger charge is 2.25. The van der Waals surface area contributed by atoms with Crippen molar-refractivity contribution in [3.8, 4) is 0 Å². The lowest BCUT2D eigenvalue weighted by molar-refractivity contribution is 0.0474. The Bertz CT molecular complexity index is 1180. The number of carbonyl (C=O) groups is 3. The molecule has 182 valence electrons. The standard InChI is InChI=1S/C24H29N3O6S/c1-16(2)26-24(30)25-14-17-6-8-18(9-7-17)23(29)33-15-22(28)20-10-11-21-19(13-20)5-4-12-27(21)34(3,31)32/h6-11,13,16H,4-5,12,14-15H2,1-3H3,(H2,25,26,30). The predicted octanol–water partition coefficient (Wildman–Crippen LogP) is 2.65. The molecular weight excluding hydrogens is 458 g/mol. The van der Waals surface area contributed by atoms with Gasteiger partial charge in [0, 0.05) is 24.7 Å². The molecule has 0 atom stereocenters. The van der Waals surface area contributed by atoms with E-state index in [0.29, 0.717) is 37.2 Å². The second-order valence-corrected chi connectivity index (χ2v) is 10.4. The maximum atomic E-state index is 12.6. The zero-order valence-corrected chi connectivity index (χ0v) is 20.3. The van der Waals surface area contributed by atoms with E-state index in [0.717, 1.165) is 17.4 Å². The van der Waals surface area contributed by atoms with Crippen molar-refractivity contribution in [2.45, 2.75) is 39.3 Å². The molecule has 9 nitrogen and oxygen atoms in total. The van der Waals surface area contributed by atoms with E-state index in [1.165, 1.54) is 4.31 Å². The summed E-state index contributed by atoms with van der Waals surface area (Å²) >= 11 is 0. The van der Waals surface area contributed by atoms with Crippen LogP contribution < -0.4 is 14.9 Å². The van der Waals surface area contributed by atoms with Crippen LogP contribution in [0.25, 0.3) is 0 Å². The van der Waals surface area contributed by atoms with Crippen molar-refractivity contribution in [1.29, 1.82) is 0 Å². The van der Waals surface area contributed by atoms with Crippen molar-refractivity contribution in [1.82, 2.24) is 10.6 Å². The molecule has 0 unspecified atom stereocenters. The molecule has 2 aromatic rings. The van der Waals surface area contributed by atoms with Gasteiger partial charge in [0.25, 0.3) is 0 Å². The molecule has 0 fully saturated rings. The number of benzene rings is 2. The number of hydrogen-bond donors (Lipinski definition) is 2. The van der Waals surface area contributed by atoms with Gasteiger partial charge in [-0.15, -0.1) is 0 Å². The predicted molar refractivity (Wildman–Crippen MR) is 129 cm³/mol. The number of aryl methyl sites for hydroxylation is 1. The van der Waals surface area contributed by atoms with E-state index in [1.807, 2.05) is 13.8 Å². The number of amides is 2. The molecule has 0 saturated carbocycles. The number of ether oxygens (including phenoxy) is 1. The van der Waals surface area contributed by atoms with Gasteiger partial charge in [0.15, 0.2) is 12.4 Å². The first-order chi connectivity index (χ1) is 16.0. The zero-order valence-electron chi connectivity index (χ0n) is 19.5. The smallest absolute Gasteiger partial charge is 0.338 e. The molecule has 2 N–H and O–H groups in total. The van der Waals surface area contributed by atoms with Crippen LogP contribution in [0.4, 0.5) is 10.5 Å². The van der Waals surface area contributed by atoms with Crippen LogP contribution >= 0.6 is 0 Å². The number of Topliss-reactive ketones (excluding diaryl/α,β-unsaturated/α-hetero) is 1. The largest absolute Gasteiger partial charge is 0.454 e. The zero-order chi connectivity index (χ0) is 24.9. The highest BCUT2D eigenvalue weighted by molar-refractivity contribution is 7.92. The summed E-state index contributed by atoms with van der Waals surface area (Å²) in [5.74, 6) is -1.00. The quantitative estimate of drug-likeness (QED) is 0.436. The van der Waals surface area contributed by atoms with Gasteiger partial charge in [-0.2, -0.15) is 0 Å². The first-order valence-electron chi connectivity index (χ1n) is 11.0. The van der Waals surface area contributed by atoms with Gasteiger partial charge in [-0.1, -0.05) is 12.1 Å². The molecule has 10 heteroatoms. The van der Waals surface area contributed by atoms with Crippen LogP contribution in [0.5, 0.6) is 0 Å². The van der Waals surface area contributed by atoms with Crippen LogP contribution in [-0.4, -0.2) is 51.7 Å². The SMILES string of the molecule is CC(C)NC(=O)NCc1ccc(C(=O)OCC(=O)c2ccc3c(c2)CCCN3S(C)(=O)=O)cc1. The van der Waals surface area contributed by atoms with Crippen LogP contribution in [0.15, 0.2) is 42.5 Å². The molecule has 0 saturated heterocycles. The minimum absolute atomic E-state index is 0.0309. The van der Waals surface area contributed by atoms with E-state index in [9.17, 15) is 22.8 Å². The third-order valence-electron chi connectivity index (χ3n) is 5.27. The van der Waals surface area contributed by atoms with Crippen molar-refractivity contribution in [3.05, 3.63) is 64.7 Å². The summed E-state index contributed by atoms with van der Waals surface area (Å²) in [4.78, 5) is 36.6. The number of ketones is 1. The number of hydrogen-bond acceptors (Lipinski definition) is 6. The molecule has 1 aliphatic heterocycles. The number of nitrogens with zero attached hydrogens (tertiary/aromatic N) is 1. The minimum atomic E-state index is -3.39. The van der Waals surface area contributed by atoms with Crippen LogP contribution in [0.3, 0.4) is 0 Å². The third-order valence-corrected chi connectivity index (χ3v) is 6.45. The topological polar surface area (TPSA) is 122 Å². The highest BCUT2D eigenvalue weighted by atomic mass is 32.2. The molecule has 0 radical (unpaired) electrons. The lowest BCUT2D eigenvalue weighted by Gasteiger charge is -2.29. The Kier molecular flexibility index (Phi) is 7.93. The summed E-state index contributed by atoms with van der Waals surface area (Å²) in [6, 6.07) is 11.1. The molecule has 0 spiro atoms. The molecular formula is C24H29N3O6S. The fourth-order valence-corrected chi connectivity index (χ4v) is 4.63. The molecule has 34 heavy (non-hydrogen) atoms. The molecule has 0 bridgehead atoms. The number of fused-ring (bicyclic) bond motifs is 1. The summed E-state index contributed by atoms with van der Waals surface area (Å²) in [7, 11) is -3.39. The monoisotopic (exact) mass is 487 g/mol. The summed E-state index contributed by atoms with van der Waals surface area (Å²) in [6.07, 6.45) is 2.50. The number of urea groups is 1. The van der Waals surface area contributed by atoms with E-state index in [2.05, 4.69) is 10.6 Å². The molecule has 0 aliphatic carbocycles. The van der Waals surface area contributed by atoms with Gasteiger partial charge in [-0.3, -0.25) is 9.10 Å². The van der Waals surface area contributed by atoms with Crippen LogP contribution in [-0.2, 0) is 27.7 Å². The van der Waals surface area contributed by atoms with Crippen LogP contribution in [0, 0.1) is 0 Å². The van der Waals surface area contributed by atoms with Crippen molar-refractivity contribution in [3.63, 3.8) is 0 Å². The van der Waals surface area contributed by atoms with Crippen LogP contribution in [0.1, 0.15) is 52.1 Å². The number of rotatable bonds is 8. The van der Waals surface area contributed by atoms with Crippen molar-refractivity contribution < 1.29 is 27.5 Å². The number of sulfonamides is 1. The Labute approximate surface area is 199 Å². The lowest BCUT2D eigenvalue weighted by atomic mass is 9.99. The van der Waals surface area contributed by atoms with Gasteiger partial charge < -0.3 is 15.4 Å². The number of carbonyl (C=O) groups excluding carboxylic acids is 3. The van der Waals surface area contributed by atoms with Gasteiger partial charge in [0.2, 0.25) is 10.0 Å². The number of anilines is 1.